The molecule has 0 aliphatic heterocycles. The normalized spacial score (nSPS) is 13.3. The third-order valence-electron chi connectivity index (χ3n) is 2.84. The van der Waals surface area contributed by atoms with Crippen LogP contribution in [0.15, 0.2) is 41.1 Å². The first-order chi connectivity index (χ1) is 9.68. The predicted octanol–water partition coefficient (Wildman–Crippen LogP) is 4.15. The van der Waals surface area contributed by atoms with Crippen molar-refractivity contribution in [2.24, 2.45) is 5.41 Å². The van der Waals surface area contributed by atoms with Crippen LogP contribution >= 0.6 is 0 Å². The van der Waals surface area contributed by atoms with Gasteiger partial charge in [-0.1, -0.05) is 27.7 Å². The van der Waals surface area contributed by atoms with Crippen LogP contribution in [0.3, 0.4) is 0 Å². The van der Waals surface area contributed by atoms with Crippen LogP contribution in [0.25, 0.3) is 0 Å². The molecule has 0 radical (unpaired) electrons. The summed E-state index contributed by atoms with van der Waals surface area (Å²) in [5, 5.41) is 0. The van der Waals surface area contributed by atoms with Gasteiger partial charge >= 0.3 is 0 Å². The summed E-state index contributed by atoms with van der Waals surface area (Å²) in [6, 6.07) is 6.25. The molecule has 0 unspecified atom stereocenters. The summed E-state index contributed by atoms with van der Waals surface area (Å²) in [5.74, 6) is 0.614. The summed E-state index contributed by atoms with van der Waals surface area (Å²) in [4.78, 5) is 0.279. The first-order valence-corrected chi connectivity index (χ1v) is 8.57. The Morgan fingerprint density at radius 1 is 1.24 bits per heavy atom. The highest BCUT2D eigenvalue weighted by Gasteiger charge is 2.23. The van der Waals surface area contributed by atoms with E-state index in [4.69, 9.17) is 4.74 Å². The van der Waals surface area contributed by atoms with Crippen molar-refractivity contribution in [2.75, 3.05) is 12.4 Å². The molecule has 0 aliphatic rings. The molecule has 118 valence electrons. The molecule has 0 aromatic heterocycles. The molecular formula is C16H23FO3S. The first-order valence-electron chi connectivity index (χ1n) is 6.91. The second kappa shape index (κ2) is 7.07. The summed E-state index contributed by atoms with van der Waals surface area (Å²) in [7, 11) is -3.30. The Morgan fingerprint density at radius 3 is 2.24 bits per heavy atom. The van der Waals surface area contributed by atoms with Crippen LogP contribution in [0.2, 0.25) is 0 Å². The van der Waals surface area contributed by atoms with Crippen LogP contribution < -0.4 is 4.74 Å². The maximum absolute atomic E-state index is 12.4. The highest BCUT2D eigenvalue weighted by molar-refractivity contribution is 7.91. The monoisotopic (exact) mass is 314 g/mol. The zero-order valence-corrected chi connectivity index (χ0v) is 13.8. The smallest absolute Gasteiger partial charge is 0.178 e. The van der Waals surface area contributed by atoms with Gasteiger partial charge in [-0.3, -0.25) is 0 Å². The Hall–Kier alpha value is -1.36. The molecule has 0 heterocycles. The van der Waals surface area contributed by atoms with E-state index in [1.165, 1.54) is 12.1 Å². The van der Waals surface area contributed by atoms with Crippen LogP contribution in [0, 0.1) is 5.41 Å². The van der Waals surface area contributed by atoms with Crippen LogP contribution in [0.5, 0.6) is 5.75 Å². The Bertz CT molecular complexity index is 581. The van der Waals surface area contributed by atoms with Crippen LogP contribution in [-0.2, 0) is 9.84 Å². The van der Waals surface area contributed by atoms with Gasteiger partial charge in [-0.05, 0) is 41.7 Å². The van der Waals surface area contributed by atoms with E-state index in [1.54, 1.807) is 12.1 Å². The highest BCUT2D eigenvalue weighted by atomic mass is 32.2. The van der Waals surface area contributed by atoms with Gasteiger partial charge in [0.2, 0.25) is 0 Å². The fraction of sp³-hybridized carbons (Fsp3) is 0.500. The minimum Gasteiger partial charge on any atom is -0.489 e. The molecule has 0 aliphatic carbocycles. The summed E-state index contributed by atoms with van der Waals surface area (Å²) in [6.45, 7) is 7.67. The number of ether oxygens (including phenoxy) is 1. The maximum atomic E-state index is 12.4. The van der Waals surface area contributed by atoms with Crippen molar-refractivity contribution in [2.45, 2.75) is 39.0 Å². The van der Waals surface area contributed by atoms with Crippen LogP contribution in [-0.4, -0.2) is 20.8 Å². The zero-order chi connectivity index (χ0) is 16.1. The summed E-state index contributed by atoms with van der Waals surface area (Å²) in [6.07, 6.45) is 1.12. The average Bonchev–Trinajstić information content (AvgIpc) is 2.38. The fourth-order valence-corrected chi connectivity index (χ4v) is 3.64. The largest absolute Gasteiger partial charge is 0.489 e. The Labute approximate surface area is 126 Å². The predicted molar refractivity (Wildman–Crippen MR) is 82.9 cm³/mol. The minimum atomic E-state index is -3.30. The molecule has 1 rings (SSSR count). The summed E-state index contributed by atoms with van der Waals surface area (Å²) in [5.41, 5.74) is 0.259. The first kappa shape index (κ1) is 17.7. The van der Waals surface area contributed by atoms with Crippen LogP contribution in [0.1, 0.15) is 34.1 Å². The van der Waals surface area contributed by atoms with Gasteiger partial charge in [-0.25, -0.2) is 12.8 Å². The molecule has 0 spiro atoms. The molecule has 0 N–H and O–H groups in total. The van der Waals surface area contributed by atoms with Gasteiger partial charge in [-0.15, -0.1) is 0 Å². The lowest BCUT2D eigenvalue weighted by Crippen LogP contribution is -2.20. The van der Waals surface area contributed by atoms with Gasteiger partial charge in [0, 0.05) is 0 Å². The van der Waals surface area contributed by atoms with Crippen LogP contribution in [0.4, 0.5) is 4.39 Å². The minimum absolute atomic E-state index is 0.0881. The average molecular weight is 314 g/mol. The van der Waals surface area contributed by atoms with Gasteiger partial charge in [0.15, 0.2) is 9.84 Å². The number of halogens is 1. The molecule has 5 heteroatoms. The maximum Gasteiger partial charge on any atom is 0.178 e. The second-order valence-electron chi connectivity index (χ2n) is 6.20. The molecule has 3 nitrogen and oxygen atoms in total. The molecule has 0 amide bonds. The number of hydrogen-bond acceptors (Lipinski definition) is 3. The van der Waals surface area contributed by atoms with E-state index < -0.39 is 9.84 Å². The Morgan fingerprint density at radius 2 is 1.81 bits per heavy atom. The molecule has 0 saturated carbocycles. The van der Waals surface area contributed by atoms with E-state index in [1.807, 2.05) is 27.7 Å². The quantitative estimate of drug-likeness (QED) is 0.792. The third kappa shape index (κ3) is 5.87. The second-order valence-corrected chi connectivity index (χ2v) is 8.19. The van der Waals surface area contributed by atoms with E-state index in [-0.39, 0.29) is 22.7 Å². The molecule has 0 atom stereocenters. The van der Waals surface area contributed by atoms with Gasteiger partial charge < -0.3 is 4.74 Å². The Balaban J connectivity index is 2.79. The molecule has 21 heavy (non-hydrogen) atoms. The molecule has 1 aromatic carbocycles. The highest BCUT2D eigenvalue weighted by Crippen LogP contribution is 2.23. The summed E-state index contributed by atoms with van der Waals surface area (Å²) < 4.78 is 42.3. The van der Waals surface area contributed by atoms with Gasteiger partial charge in [0.05, 0.1) is 17.0 Å². The summed E-state index contributed by atoms with van der Waals surface area (Å²) >= 11 is 0. The lowest BCUT2D eigenvalue weighted by molar-refractivity contribution is 0.345. The van der Waals surface area contributed by atoms with Gasteiger partial charge in [0.1, 0.15) is 12.4 Å². The lowest BCUT2D eigenvalue weighted by atomic mass is 10.0. The number of hydrogen-bond donors (Lipinski definition) is 0. The SMILES string of the molecule is CC/C(=C\F)COc1ccc(S(=O)(=O)CC(C)(C)C)cc1. The number of benzene rings is 1. The van der Waals surface area contributed by atoms with E-state index in [2.05, 4.69) is 0 Å². The van der Waals surface area contributed by atoms with Crippen molar-refractivity contribution in [3.05, 3.63) is 36.2 Å². The molecule has 0 fully saturated rings. The standard InChI is InChI=1S/C16H23FO3S/c1-5-13(10-17)11-20-14-6-8-15(9-7-14)21(18,19)12-16(2,3)4/h6-10H,5,11-12H2,1-4H3/b13-10+. The molecule has 0 saturated heterocycles. The Kier molecular flexibility index (Phi) is 5.96. The molecule has 1 aromatic rings. The third-order valence-corrected chi connectivity index (χ3v) is 5.08. The van der Waals surface area contributed by atoms with Gasteiger partial charge in [0.25, 0.3) is 0 Å². The number of rotatable bonds is 6. The number of sulfone groups is 1. The fourth-order valence-electron chi connectivity index (χ4n) is 1.78. The van der Waals surface area contributed by atoms with Crippen molar-refractivity contribution in [1.82, 2.24) is 0 Å². The molecule has 0 bridgehead atoms. The topological polar surface area (TPSA) is 43.4 Å². The molecular weight excluding hydrogens is 291 g/mol. The van der Waals surface area contributed by atoms with E-state index in [0.29, 0.717) is 24.1 Å². The van der Waals surface area contributed by atoms with E-state index in [9.17, 15) is 12.8 Å². The van der Waals surface area contributed by atoms with Crippen molar-refractivity contribution < 1.29 is 17.5 Å². The van der Waals surface area contributed by atoms with E-state index in [0.717, 1.165) is 0 Å². The lowest BCUT2D eigenvalue weighted by Gasteiger charge is -2.18. The zero-order valence-electron chi connectivity index (χ0n) is 13.0. The van der Waals surface area contributed by atoms with E-state index >= 15 is 0 Å². The van der Waals surface area contributed by atoms with Crippen molar-refractivity contribution in [3.8, 4) is 5.75 Å². The van der Waals surface area contributed by atoms with Crippen molar-refractivity contribution in [1.29, 1.82) is 0 Å². The van der Waals surface area contributed by atoms with Crippen molar-refractivity contribution in [3.63, 3.8) is 0 Å². The van der Waals surface area contributed by atoms with Crippen molar-refractivity contribution >= 4 is 9.84 Å². The van der Waals surface area contributed by atoms with Gasteiger partial charge in [-0.2, -0.15) is 0 Å².